The van der Waals surface area contributed by atoms with E-state index in [0.29, 0.717) is 11.3 Å². The van der Waals surface area contributed by atoms with E-state index in [2.05, 4.69) is 4.74 Å². The number of carbonyl (C=O) groups is 3. The Labute approximate surface area is 143 Å². The number of hydrogen-bond donors (Lipinski definition) is 1. The summed E-state index contributed by atoms with van der Waals surface area (Å²) in [7, 11) is 1.28. The predicted molar refractivity (Wildman–Crippen MR) is 85.7 cm³/mol. The third-order valence-electron chi connectivity index (χ3n) is 5.35. The molecule has 1 N–H and O–H groups in total. The van der Waals surface area contributed by atoms with Crippen LogP contribution < -0.4 is 4.90 Å². The lowest BCUT2D eigenvalue weighted by Gasteiger charge is -2.26. The van der Waals surface area contributed by atoms with Gasteiger partial charge in [-0.15, -0.1) is 0 Å². The minimum Gasteiger partial charge on any atom is -0.465 e. The van der Waals surface area contributed by atoms with Crippen LogP contribution in [0.1, 0.15) is 17.3 Å². The Balaban J connectivity index is 1.71. The van der Waals surface area contributed by atoms with Crippen LogP contribution in [0.15, 0.2) is 36.4 Å². The first-order chi connectivity index (χ1) is 11.9. The molecule has 1 aromatic rings. The van der Waals surface area contributed by atoms with E-state index in [1.54, 1.807) is 19.1 Å². The molecule has 7 nitrogen and oxygen atoms in total. The molecule has 0 spiro atoms. The van der Waals surface area contributed by atoms with Gasteiger partial charge in [0, 0.05) is 0 Å². The van der Waals surface area contributed by atoms with Crippen LogP contribution in [-0.4, -0.2) is 47.8 Å². The fourth-order valence-electron chi connectivity index (χ4n) is 4.16. The molecule has 4 rings (SSSR count). The normalized spacial score (nSPS) is 35.4. The molecule has 3 heterocycles. The van der Waals surface area contributed by atoms with Gasteiger partial charge in [-0.05, 0) is 31.2 Å². The number of amides is 2. The van der Waals surface area contributed by atoms with Gasteiger partial charge in [-0.2, -0.15) is 0 Å². The molecule has 2 saturated heterocycles. The van der Waals surface area contributed by atoms with Crippen LogP contribution in [0.4, 0.5) is 5.69 Å². The number of fused-ring (bicyclic) bond motifs is 5. The standard InChI is InChI=1S/C18H17NO6/c1-17-7-8-18(9-20,25-17)13-12(17)14(21)19(15(13)22)11-5-3-10(4-6-11)16(23)24-2/h3-8,12-13,20H,9H2,1-2H3/t12-,13+,17-,18+/m1/s1. The van der Waals surface area contributed by atoms with Crippen molar-refractivity contribution in [2.75, 3.05) is 18.6 Å². The number of hydrogen-bond acceptors (Lipinski definition) is 6. The fourth-order valence-corrected chi connectivity index (χ4v) is 4.16. The summed E-state index contributed by atoms with van der Waals surface area (Å²) >= 11 is 0. The molecule has 130 valence electrons. The Kier molecular flexibility index (Phi) is 3.20. The van der Waals surface area contributed by atoms with E-state index < -0.39 is 34.9 Å². The van der Waals surface area contributed by atoms with E-state index in [4.69, 9.17) is 4.74 Å². The number of aliphatic hydroxyl groups excluding tert-OH is 1. The van der Waals surface area contributed by atoms with Gasteiger partial charge < -0.3 is 14.6 Å². The molecule has 2 bridgehead atoms. The highest BCUT2D eigenvalue weighted by Gasteiger charge is 2.72. The molecular formula is C18H17NO6. The van der Waals surface area contributed by atoms with E-state index >= 15 is 0 Å². The van der Waals surface area contributed by atoms with Gasteiger partial charge >= 0.3 is 5.97 Å². The second kappa shape index (κ2) is 5.00. The summed E-state index contributed by atoms with van der Waals surface area (Å²) in [4.78, 5) is 38.6. The number of aliphatic hydroxyl groups is 1. The number of benzene rings is 1. The van der Waals surface area contributed by atoms with Crippen LogP contribution in [0.5, 0.6) is 0 Å². The average molecular weight is 343 g/mol. The van der Waals surface area contributed by atoms with Crippen molar-refractivity contribution in [3.05, 3.63) is 42.0 Å². The maximum absolute atomic E-state index is 13.0. The summed E-state index contributed by atoms with van der Waals surface area (Å²) in [5.74, 6) is -2.67. The molecule has 0 aliphatic carbocycles. The number of esters is 1. The number of methoxy groups -OCH3 is 1. The summed E-state index contributed by atoms with van der Waals surface area (Å²) in [6.45, 7) is 1.38. The maximum atomic E-state index is 13.0. The van der Waals surface area contributed by atoms with Crippen molar-refractivity contribution in [1.29, 1.82) is 0 Å². The molecule has 2 amide bonds. The highest BCUT2D eigenvalue weighted by molar-refractivity contribution is 6.23. The third-order valence-corrected chi connectivity index (χ3v) is 5.35. The number of anilines is 1. The van der Waals surface area contributed by atoms with Crippen molar-refractivity contribution >= 4 is 23.5 Å². The average Bonchev–Trinajstić information content (AvgIpc) is 3.20. The molecule has 25 heavy (non-hydrogen) atoms. The monoisotopic (exact) mass is 343 g/mol. The van der Waals surface area contributed by atoms with Gasteiger partial charge in [0.05, 0.1) is 42.4 Å². The molecular weight excluding hydrogens is 326 g/mol. The lowest BCUT2D eigenvalue weighted by molar-refractivity contribution is -0.131. The molecule has 3 aliphatic rings. The minimum atomic E-state index is -1.15. The SMILES string of the molecule is COC(=O)c1ccc(N2C(=O)[C@@H]3[C@H](C2=O)[C@@]2(C)C=C[C@@]3(CO)O2)cc1. The smallest absolute Gasteiger partial charge is 0.337 e. The summed E-state index contributed by atoms with van der Waals surface area (Å²) in [5, 5.41) is 9.78. The van der Waals surface area contributed by atoms with Gasteiger partial charge in [0.2, 0.25) is 11.8 Å². The van der Waals surface area contributed by atoms with Crippen LogP contribution >= 0.6 is 0 Å². The van der Waals surface area contributed by atoms with Crippen molar-refractivity contribution in [3.8, 4) is 0 Å². The summed E-state index contributed by atoms with van der Waals surface area (Å²) in [6, 6.07) is 6.08. The van der Waals surface area contributed by atoms with Crippen molar-refractivity contribution < 1.29 is 29.0 Å². The molecule has 3 aliphatic heterocycles. The van der Waals surface area contributed by atoms with Crippen LogP contribution in [0.25, 0.3) is 0 Å². The van der Waals surface area contributed by atoms with Crippen LogP contribution in [0.3, 0.4) is 0 Å². The molecule has 0 unspecified atom stereocenters. The van der Waals surface area contributed by atoms with Gasteiger partial charge in [-0.1, -0.05) is 12.2 Å². The van der Waals surface area contributed by atoms with Crippen molar-refractivity contribution in [2.24, 2.45) is 11.8 Å². The summed E-state index contributed by atoms with van der Waals surface area (Å²) in [5.41, 5.74) is -1.34. The zero-order valence-corrected chi connectivity index (χ0v) is 13.8. The van der Waals surface area contributed by atoms with Gasteiger partial charge in [0.25, 0.3) is 0 Å². The number of ether oxygens (including phenoxy) is 2. The first kappa shape index (κ1) is 16.0. The van der Waals surface area contributed by atoms with E-state index in [9.17, 15) is 19.5 Å². The lowest BCUT2D eigenvalue weighted by atomic mass is 9.73. The van der Waals surface area contributed by atoms with E-state index in [1.807, 2.05) is 0 Å². The van der Waals surface area contributed by atoms with Crippen molar-refractivity contribution in [2.45, 2.75) is 18.1 Å². The summed E-state index contributed by atoms with van der Waals surface area (Å²) < 4.78 is 10.5. The summed E-state index contributed by atoms with van der Waals surface area (Å²) in [6.07, 6.45) is 3.43. The zero-order valence-electron chi connectivity index (χ0n) is 13.8. The second-order valence-corrected chi connectivity index (χ2v) is 6.74. The molecule has 0 aromatic heterocycles. The van der Waals surface area contributed by atoms with Gasteiger partial charge in [-0.25, -0.2) is 9.69 Å². The van der Waals surface area contributed by atoms with Crippen LogP contribution in [0, 0.1) is 11.8 Å². The van der Waals surface area contributed by atoms with Gasteiger partial charge in [-0.3, -0.25) is 9.59 Å². The van der Waals surface area contributed by atoms with E-state index in [-0.39, 0.29) is 12.5 Å². The second-order valence-electron chi connectivity index (χ2n) is 6.74. The quantitative estimate of drug-likeness (QED) is 0.493. The number of carbonyl (C=O) groups excluding carboxylic acids is 3. The zero-order chi connectivity index (χ0) is 18.0. The van der Waals surface area contributed by atoms with Crippen molar-refractivity contribution in [1.82, 2.24) is 0 Å². The highest BCUT2D eigenvalue weighted by atomic mass is 16.5. The first-order valence-electron chi connectivity index (χ1n) is 7.94. The Bertz CT molecular complexity index is 815. The number of nitrogens with zero attached hydrogens (tertiary/aromatic N) is 1. The van der Waals surface area contributed by atoms with Crippen LogP contribution in [0.2, 0.25) is 0 Å². The topological polar surface area (TPSA) is 93.1 Å². The van der Waals surface area contributed by atoms with Crippen molar-refractivity contribution in [3.63, 3.8) is 0 Å². The van der Waals surface area contributed by atoms with Gasteiger partial charge in [0.1, 0.15) is 5.60 Å². The maximum Gasteiger partial charge on any atom is 0.337 e. The van der Waals surface area contributed by atoms with E-state index in [1.165, 1.54) is 31.4 Å². The third kappa shape index (κ3) is 1.90. The Hall–Kier alpha value is -2.51. The Morgan fingerprint density at radius 3 is 2.44 bits per heavy atom. The Morgan fingerprint density at radius 1 is 1.20 bits per heavy atom. The van der Waals surface area contributed by atoms with Gasteiger partial charge in [0.15, 0.2) is 0 Å². The Morgan fingerprint density at radius 2 is 1.84 bits per heavy atom. The molecule has 7 heteroatoms. The number of imide groups is 1. The molecule has 4 atom stereocenters. The highest BCUT2D eigenvalue weighted by Crippen LogP contribution is 2.57. The molecule has 0 radical (unpaired) electrons. The van der Waals surface area contributed by atoms with E-state index in [0.717, 1.165) is 4.90 Å². The number of rotatable bonds is 3. The molecule has 1 aromatic carbocycles. The predicted octanol–water partition coefficient (Wildman–Crippen LogP) is 0.669. The molecule has 2 fully saturated rings. The minimum absolute atomic E-state index is 0.328. The first-order valence-corrected chi connectivity index (χ1v) is 7.94. The lowest BCUT2D eigenvalue weighted by Crippen LogP contribution is -2.43. The largest absolute Gasteiger partial charge is 0.465 e. The fraction of sp³-hybridized carbons (Fsp3) is 0.389. The van der Waals surface area contributed by atoms with Crippen LogP contribution in [-0.2, 0) is 19.1 Å². The molecule has 0 saturated carbocycles.